The number of aliphatic hydroxyl groups excluding tert-OH is 1. The molecule has 6 rings (SSSR count). The second-order valence-corrected chi connectivity index (χ2v) is 9.34. The second-order valence-electron chi connectivity index (χ2n) is 9.34. The van der Waals surface area contributed by atoms with Crippen LogP contribution in [-0.2, 0) is 6.54 Å². The first-order valence-corrected chi connectivity index (χ1v) is 11.2. The van der Waals surface area contributed by atoms with Crippen LogP contribution in [0.4, 0.5) is 17.6 Å². The summed E-state index contributed by atoms with van der Waals surface area (Å²) in [6, 6.07) is 9.08. The van der Waals surface area contributed by atoms with Crippen LogP contribution in [0.2, 0.25) is 0 Å². The summed E-state index contributed by atoms with van der Waals surface area (Å²) in [6.45, 7) is 4.73. The number of hydrogen-bond acceptors (Lipinski definition) is 2. The predicted molar refractivity (Wildman–Crippen MR) is 117 cm³/mol. The molecule has 3 saturated heterocycles. The Morgan fingerprint density at radius 1 is 1.12 bits per heavy atom. The molecule has 2 aromatic carbocycles. The van der Waals surface area contributed by atoms with Gasteiger partial charge in [-0.05, 0) is 23.6 Å². The van der Waals surface area contributed by atoms with Gasteiger partial charge in [-0.25, -0.2) is 17.6 Å². The van der Waals surface area contributed by atoms with Gasteiger partial charge in [0.15, 0.2) is 23.3 Å². The van der Waals surface area contributed by atoms with E-state index >= 15 is 0 Å². The SMILES string of the molecule is C=CC1C[N+]2(Cc3c(F)c(F)cc(F)c3F)CCC1CC2[C@H](O)c1ccnc2ccccc12.[Br-]. The van der Waals surface area contributed by atoms with E-state index in [0.29, 0.717) is 25.1 Å². The molecule has 0 amide bonds. The number of fused-ring (bicyclic) bond motifs is 4. The van der Waals surface area contributed by atoms with Gasteiger partial charge in [-0.2, -0.15) is 0 Å². The van der Waals surface area contributed by atoms with Crippen LogP contribution in [0.25, 0.3) is 10.9 Å². The molecular formula is C26H25BrF4N2O. The first-order valence-electron chi connectivity index (χ1n) is 11.2. The first-order chi connectivity index (χ1) is 15.8. The third-order valence-corrected chi connectivity index (χ3v) is 7.72. The fourth-order valence-electron chi connectivity index (χ4n) is 6.04. The minimum Gasteiger partial charge on any atom is -1.00 e. The van der Waals surface area contributed by atoms with Crippen molar-refractivity contribution in [2.24, 2.45) is 11.8 Å². The molecule has 8 heteroatoms. The first kappa shape index (κ1) is 24.8. The van der Waals surface area contributed by atoms with Gasteiger partial charge in [0, 0.05) is 36.4 Å². The van der Waals surface area contributed by atoms with Crippen LogP contribution in [0.1, 0.15) is 30.1 Å². The lowest BCUT2D eigenvalue weighted by Gasteiger charge is -2.58. The Kier molecular flexibility index (Phi) is 6.86. The van der Waals surface area contributed by atoms with Crippen molar-refractivity contribution in [1.82, 2.24) is 4.98 Å². The summed E-state index contributed by atoms with van der Waals surface area (Å²) in [5.41, 5.74) is 0.828. The molecule has 0 radical (unpaired) electrons. The van der Waals surface area contributed by atoms with E-state index in [-0.39, 0.29) is 45.9 Å². The second kappa shape index (κ2) is 9.40. The molecule has 3 fully saturated rings. The van der Waals surface area contributed by atoms with Gasteiger partial charge >= 0.3 is 0 Å². The molecule has 4 heterocycles. The zero-order chi connectivity index (χ0) is 23.3. The number of nitrogens with zero attached hydrogens (tertiary/aromatic N) is 2. The minimum atomic E-state index is -1.41. The lowest BCUT2D eigenvalue weighted by molar-refractivity contribution is -0.985. The van der Waals surface area contributed by atoms with Crippen molar-refractivity contribution in [2.45, 2.75) is 31.5 Å². The Morgan fingerprint density at radius 3 is 2.53 bits per heavy atom. The molecule has 5 atom stereocenters. The predicted octanol–water partition coefficient (Wildman–Crippen LogP) is 2.44. The summed E-state index contributed by atoms with van der Waals surface area (Å²) < 4.78 is 57.5. The van der Waals surface area contributed by atoms with Crippen LogP contribution in [0.3, 0.4) is 0 Å². The van der Waals surface area contributed by atoms with Gasteiger partial charge in [-0.1, -0.05) is 24.3 Å². The molecule has 3 aliphatic heterocycles. The fourth-order valence-corrected chi connectivity index (χ4v) is 6.04. The Bertz CT molecular complexity index is 1210. The van der Waals surface area contributed by atoms with Gasteiger partial charge in [0.05, 0.1) is 24.2 Å². The van der Waals surface area contributed by atoms with E-state index in [0.717, 1.165) is 17.3 Å². The Hall–Kier alpha value is -2.29. The number of para-hydroxylation sites is 1. The lowest BCUT2D eigenvalue weighted by Crippen LogP contribution is -3.00. The van der Waals surface area contributed by atoms with Crippen LogP contribution in [0.5, 0.6) is 0 Å². The van der Waals surface area contributed by atoms with E-state index < -0.39 is 41.0 Å². The fraction of sp³-hybridized carbons (Fsp3) is 0.346. The maximum atomic E-state index is 14.7. The summed E-state index contributed by atoms with van der Waals surface area (Å²) in [4.78, 5) is 4.36. The Balaban J connectivity index is 0.00000274. The molecule has 0 saturated carbocycles. The number of rotatable bonds is 5. The van der Waals surface area contributed by atoms with Crippen LogP contribution in [0.15, 0.2) is 55.3 Å². The molecule has 0 aliphatic carbocycles. The summed E-state index contributed by atoms with van der Waals surface area (Å²) in [6.07, 6.45) is 3.96. The molecule has 34 heavy (non-hydrogen) atoms. The summed E-state index contributed by atoms with van der Waals surface area (Å²) in [5, 5.41) is 12.4. The third-order valence-electron chi connectivity index (χ3n) is 7.72. The third kappa shape index (κ3) is 3.95. The molecule has 3 aliphatic rings. The van der Waals surface area contributed by atoms with Crippen molar-refractivity contribution in [3.05, 3.63) is 89.6 Å². The van der Waals surface area contributed by atoms with Crippen LogP contribution >= 0.6 is 0 Å². The molecule has 1 N–H and O–H groups in total. The van der Waals surface area contributed by atoms with Gasteiger partial charge in [0.1, 0.15) is 18.7 Å². The van der Waals surface area contributed by atoms with E-state index in [2.05, 4.69) is 11.6 Å². The number of piperidine rings is 3. The van der Waals surface area contributed by atoms with E-state index in [1.54, 1.807) is 12.3 Å². The standard InChI is InChI=1S/C26H25F4N2O.BrH/c1-2-15-13-32(14-19-24(29)20(27)12-21(28)25(19)30)10-8-16(15)11-23(32)26(33)18-7-9-31-22-6-4-3-5-17(18)22;/h2-7,9,12,15-16,23,26,33H,1,8,10-11,13-14H2;1H/q+1;/p-1/t15?,16?,23?,26-,32?;/m1./s1. The molecule has 3 aromatic rings. The molecular weight excluding hydrogens is 512 g/mol. The van der Waals surface area contributed by atoms with E-state index in [9.17, 15) is 22.7 Å². The zero-order valence-electron chi connectivity index (χ0n) is 18.4. The molecule has 1 aromatic heterocycles. The number of halogens is 5. The maximum absolute atomic E-state index is 14.7. The van der Waals surface area contributed by atoms with Crippen LogP contribution in [-0.4, -0.2) is 33.7 Å². The quantitative estimate of drug-likeness (QED) is 0.235. The molecule has 4 unspecified atom stereocenters. The highest BCUT2D eigenvalue weighted by atomic mass is 79.9. The highest BCUT2D eigenvalue weighted by molar-refractivity contribution is 5.82. The number of aromatic nitrogens is 1. The highest BCUT2D eigenvalue weighted by Gasteiger charge is 2.54. The molecule has 0 spiro atoms. The van der Waals surface area contributed by atoms with Gasteiger partial charge in [-0.3, -0.25) is 4.98 Å². The van der Waals surface area contributed by atoms with Gasteiger partial charge in [0.25, 0.3) is 0 Å². The van der Waals surface area contributed by atoms with Crippen molar-refractivity contribution >= 4 is 10.9 Å². The van der Waals surface area contributed by atoms with Crippen molar-refractivity contribution in [2.75, 3.05) is 13.1 Å². The number of aliphatic hydroxyl groups is 1. The van der Waals surface area contributed by atoms with Crippen molar-refractivity contribution in [3.63, 3.8) is 0 Å². The van der Waals surface area contributed by atoms with Crippen molar-refractivity contribution in [1.29, 1.82) is 0 Å². The van der Waals surface area contributed by atoms with Crippen LogP contribution in [0, 0.1) is 35.1 Å². The van der Waals surface area contributed by atoms with Gasteiger partial charge in [-0.15, -0.1) is 6.58 Å². The minimum absolute atomic E-state index is 0. The smallest absolute Gasteiger partial charge is 0.170 e. The Labute approximate surface area is 206 Å². The number of benzene rings is 2. The molecule has 180 valence electrons. The summed E-state index contributed by atoms with van der Waals surface area (Å²) >= 11 is 0. The number of hydrogen-bond donors (Lipinski definition) is 1. The normalized spacial score (nSPS) is 26.8. The van der Waals surface area contributed by atoms with Crippen LogP contribution < -0.4 is 17.0 Å². The maximum Gasteiger partial charge on any atom is 0.170 e. The van der Waals surface area contributed by atoms with Gasteiger partial charge in [0.2, 0.25) is 0 Å². The number of pyridine rings is 1. The summed E-state index contributed by atoms with van der Waals surface area (Å²) in [7, 11) is 0. The monoisotopic (exact) mass is 536 g/mol. The van der Waals surface area contributed by atoms with Crippen molar-refractivity contribution < 1.29 is 44.1 Å². The Morgan fingerprint density at radius 2 is 1.82 bits per heavy atom. The largest absolute Gasteiger partial charge is 1.00 e. The zero-order valence-corrected chi connectivity index (χ0v) is 20.0. The number of quaternary nitrogens is 1. The van der Waals surface area contributed by atoms with E-state index in [4.69, 9.17) is 0 Å². The highest BCUT2D eigenvalue weighted by Crippen LogP contribution is 2.48. The average molecular weight is 537 g/mol. The van der Waals surface area contributed by atoms with E-state index in [1.165, 1.54) is 0 Å². The molecule has 2 bridgehead atoms. The average Bonchev–Trinajstić information content (AvgIpc) is 2.84. The van der Waals surface area contributed by atoms with Crippen molar-refractivity contribution in [3.8, 4) is 0 Å². The van der Waals surface area contributed by atoms with Gasteiger partial charge < -0.3 is 26.6 Å². The van der Waals surface area contributed by atoms with E-state index in [1.807, 2.05) is 30.3 Å². The summed E-state index contributed by atoms with van der Waals surface area (Å²) in [5.74, 6) is -5.17. The topological polar surface area (TPSA) is 33.1 Å². The molecule has 3 nitrogen and oxygen atoms in total. The lowest BCUT2D eigenvalue weighted by atomic mass is 9.71.